The summed E-state index contributed by atoms with van der Waals surface area (Å²) in [7, 11) is 1.78. The normalized spacial score (nSPS) is 27.0. The van der Waals surface area contributed by atoms with E-state index in [0.717, 1.165) is 19.8 Å². The van der Waals surface area contributed by atoms with Gasteiger partial charge in [0.05, 0.1) is 5.60 Å². The SMILES string of the molecule is COCCCCCNC1CCOC2(CCC2)C1. The van der Waals surface area contributed by atoms with Crippen molar-refractivity contribution in [3.63, 3.8) is 0 Å². The van der Waals surface area contributed by atoms with E-state index in [4.69, 9.17) is 9.47 Å². The van der Waals surface area contributed by atoms with Crippen molar-refractivity contribution in [2.24, 2.45) is 0 Å². The van der Waals surface area contributed by atoms with Crippen LogP contribution in [0.1, 0.15) is 51.4 Å². The van der Waals surface area contributed by atoms with E-state index < -0.39 is 0 Å². The molecule has 1 aliphatic heterocycles. The minimum atomic E-state index is 0.284. The van der Waals surface area contributed by atoms with Crippen molar-refractivity contribution in [3.8, 4) is 0 Å². The summed E-state index contributed by atoms with van der Waals surface area (Å²) in [6.07, 6.45) is 10.1. The smallest absolute Gasteiger partial charge is 0.0697 e. The molecule has 3 heteroatoms. The van der Waals surface area contributed by atoms with Crippen molar-refractivity contribution < 1.29 is 9.47 Å². The molecule has 100 valence electrons. The third-order valence-corrected chi connectivity index (χ3v) is 4.22. The molecule has 1 atom stereocenters. The zero-order valence-electron chi connectivity index (χ0n) is 11.2. The molecule has 0 aromatic heterocycles. The average Bonchev–Trinajstić information content (AvgIpc) is 2.32. The second kappa shape index (κ2) is 6.72. The summed E-state index contributed by atoms with van der Waals surface area (Å²) < 4.78 is 11.0. The Bertz CT molecular complexity index is 216. The third-order valence-electron chi connectivity index (χ3n) is 4.22. The van der Waals surface area contributed by atoms with Crippen LogP contribution in [0.5, 0.6) is 0 Å². The molecule has 2 fully saturated rings. The van der Waals surface area contributed by atoms with E-state index in [1.165, 1.54) is 51.4 Å². The highest BCUT2D eigenvalue weighted by atomic mass is 16.5. The van der Waals surface area contributed by atoms with Gasteiger partial charge in [-0.05, 0) is 57.9 Å². The lowest BCUT2D eigenvalue weighted by Crippen LogP contribution is -2.51. The largest absolute Gasteiger partial charge is 0.385 e. The molecule has 0 amide bonds. The number of rotatable bonds is 7. The predicted octanol–water partition coefficient (Wildman–Crippen LogP) is 2.49. The maximum atomic E-state index is 5.93. The van der Waals surface area contributed by atoms with Gasteiger partial charge in [0, 0.05) is 26.4 Å². The highest BCUT2D eigenvalue weighted by Gasteiger charge is 2.42. The Hall–Kier alpha value is -0.120. The number of methoxy groups -OCH3 is 1. The molecule has 17 heavy (non-hydrogen) atoms. The fourth-order valence-electron chi connectivity index (χ4n) is 2.98. The van der Waals surface area contributed by atoms with Crippen LogP contribution in [-0.2, 0) is 9.47 Å². The number of unbranched alkanes of at least 4 members (excludes halogenated alkanes) is 2. The van der Waals surface area contributed by atoms with Gasteiger partial charge in [0.2, 0.25) is 0 Å². The first-order chi connectivity index (χ1) is 8.35. The van der Waals surface area contributed by atoms with Gasteiger partial charge in [0.15, 0.2) is 0 Å². The lowest BCUT2D eigenvalue weighted by Gasteiger charge is -2.47. The maximum absolute atomic E-state index is 5.93. The monoisotopic (exact) mass is 241 g/mol. The van der Waals surface area contributed by atoms with Gasteiger partial charge in [0.25, 0.3) is 0 Å². The van der Waals surface area contributed by atoms with Crippen LogP contribution in [0.2, 0.25) is 0 Å². The highest BCUT2D eigenvalue weighted by molar-refractivity contribution is 4.95. The standard InChI is InChI=1S/C14H27NO2/c1-16-10-4-2-3-9-15-13-6-11-17-14(12-13)7-5-8-14/h13,15H,2-12H2,1H3. The molecule has 0 bridgehead atoms. The molecule has 2 aliphatic rings. The van der Waals surface area contributed by atoms with Crippen LogP contribution in [0.25, 0.3) is 0 Å². The second-order valence-electron chi connectivity index (χ2n) is 5.58. The van der Waals surface area contributed by atoms with Crippen molar-refractivity contribution in [3.05, 3.63) is 0 Å². The molecule has 3 nitrogen and oxygen atoms in total. The van der Waals surface area contributed by atoms with Crippen LogP contribution in [0.3, 0.4) is 0 Å². The lowest BCUT2D eigenvalue weighted by atomic mass is 9.74. The molecular weight excluding hydrogens is 214 g/mol. The van der Waals surface area contributed by atoms with Crippen molar-refractivity contribution >= 4 is 0 Å². The number of ether oxygens (including phenoxy) is 2. The molecule has 1 unspecified atom stereocenters. The molecule has 0 aromatic rings. The van der Waals surface area contributed by atoms with E-state index in [0.29, 0.717) is 6.04 Å². The Balaban J connectivity index is 1.53. The Kier molecular flexibility index (Phi) is 5.26. The summed E-state index contributed by atoms with van der Waals surface area (Å²) in [5, 5.41) is 3.70. The van der Waals surface area contributed by atoms with Gasteiger partial charge in [-0.15, -0.1) is 0 Å². The maximum Gasteiger partial charge on any atom is 0.0697 e. The number of hydrogen-bond acceptors (Lipinski definition) is 3. The van der Waals surface area contributed by atoms with Gasteiger partial charge in [-0.25, -0.2) is 0 Å². The van der Waals surface area contributed by atoms with Gasteiger partial charge >= 0.3 is 0 Å². The van der Waals surface area contributed by atoms with Gasteiger partial charge in [0.1, 0.15) is 0 Å². The average molecular weight is 241 g/mol. The van der Waals surface area contributed by atoms with Crippen LogP contribution in [0, 0.1) is 0 Å². The minimum Gasteiger partial charge on any atom is -0.385 e. The van der Waals surface area contributed by atoms with Gasteiger partial charge in [-0.2, -0.15) is 0 Å². The molecule has 1 saturated carbocycles. The summed E-state index contributed by atoms with van der Waals surface area (Å²) in [6.45, 7) is 3.02. The van der Waals surface area contributed by atoms with E-state index >= 15 is 0 Å². The summed E-state index contributed by atoms with van der Waals surface area (Å²) in [6, 6.07) is 0.700. The fraction of sp³-hybridized carbons (Fsp3) is 1.00. The first-order valence-corrected chi connectivity index (χ1v) is 7.21. The third kappa shape index (κ3) is 3.94. The van der Waals surface area contributed by atoms with Crippen molar-refractivity contribution in [1.29, 1.82) is 0 Å². The zero-order chi connectivity index (χ0) is 12.0. The summed E-state index contributed by atoms with van der Waals surface area (Å²) in [5.74, 6) is 0. The van der Waals surface area contributed by atoms with Gasteiger partial charge < -0.3 is 14.8 Å². The molecule has 1 spiro atoms. The molecule has 1 saturated heterocycles. The molecule has 1 N–H and O–H groups in total. The molecule has 1 heterocycles. The predicted molar refractivity (Wildman–Crippen MR) is 69.3 cm³/mol. The number of hydrogen-bond donors (Lipinski definition) is 1. The van der Waals surface area contributed by atoms with Crippen molar-refractivity contribution in [1.82, 2.24) is 5.32 Å². The summed E-state index contributed by atoms with van der Waals surface area (Å²) in [5.41, 5.74) is 0.284. The minimum absolute atomic E-state index is 0.284. The van der Waals surface area contributed by atoms with Crippen molar-refractivity contribution in [2.75, 3.05) is 26.9 Å². The van der Waals surface area contributed by atoms with Crippen molar-refractivity contribution in [2.45, 2.75) is 63.0 Å². The molecule has 0 radical (unpaired) electrons. The summed E-state index contributed by atoms with van der Waals surface area (Å²) >= 11 is 0. The first kappa shape index (κ1) is 13.3. The van der Waals surface area contributed by atoms with E-state index in [-0.39, 0.29) is 5.60 Å². The molecule has 2 rings (SSSR count). The van der Waals surface area contributed by atoms with Gasteiger partial charge in [-0.3, -0.25) is 0 Å². The highest BCUT2D eigenvalue weighted by Crippen LogP contribution is 2.42. The van der Waals surface area contributed by atoms with E-state index in [2.05, 4.69) is 5.32 Å². The van der Waals surface area contributed by atoms with E-state index in [1.54, 1.807) is 7.11 Å². The van der Waals surface area contributed by atoms with Crippen LogP contribution in [0.4, 0.5) is 0 Å². The number of nitrogens with one attached hydrogen (secondary N) is 1. The first-order valence-electron chi connectivity index (χ1n) is 7.21. The zero-order valence-corrected chi connectivity index (χ0v) is 11.2. The lowest BCUT2D eigenvalue weighted by molar-refractivity contribution is -0.135. The quantitative estimate of drug-likeness (QED) is 0.695. The topological polar surface area (TPSA) is 30.5 Å². The Morgan fingerprint density at radius 3 is 2.88 bits per heavy atom. The Morgan fingerprint density at radius 2 is 2.18 bits per heavy atom. The summed E-state index contributed by atoms with van der Waals surface area (Å²) in [4.78, 5) is 0. The van der Waals surface area contributed by atoms with Crippen LogP contribution in [0.15, 0.2) is 0 Å². The molecule has 1 aliphatic carbocycles. The molecule has 0 aromatic carbocycles. The van der Waals surface area contributed by atoms with Crippen LogP contribution in [-0.4, -0.2) is 38.5 Å². The second-order valence-corrected chi connectivity index (χ2v) is 5.58. The van der Waals surface area contributed by atoms with Crippen LogP contribution >= 0.6 is 0 Å². The molecular formula is C14H27NO2. The van der Waals surface area contributed by atoms with Gasteiger partial charge in [-0.1, -0.05) is 0 Å². The Labute approximate surface area is 105 Å². The van der Waals surface area contributed by atoms with Crippen LogP contribution < -0.4 is 5.32 Å². The Morgan fingerprint density at radius 1 is 1.29 bits per heavy atom. The fourth-order valence-corrected chi connectivity index (χ4v) is 2.98. The van der Waals surface area contributed by atoms with E-state index in [9.17, 15) is 0 Å². The van der Waals surface area contributed by atoms with E-state index in [1.807, 2.05) is 0 Å².